The van der Waals surface area contributed by atoms with E-state index < -0.39 is 0 Å². The monoisotopic (exact) mass is 249 g/mol. The van der Waals surface area contributed by atoms with Crippen LogP contribution in [0, 0.1) is 5.41 Å². The Balaban J connectivity index is 1.83. The van der Waals surface area contributed by atoms with Crippen molar-refractivity contribution in [1.82, 2.24) is 15.1 Å². The molecule has 3 heteroatoms. The standard InChI is InChI=1S/C15H27N3/c1-12(2)18-11-13(10-17-18)9-16-14-6-5-7-15(3,4)8-14/h10-12,14,16H,5-9H2,1-4H3. The highest BCUT2D eigenvalue weighted by Gasteiger charge is 2.27. The topological polar surface area (TPSA) is 29.9 Å². The molecule has 0 spiro atoms. The lowest BCUT2D eigenvalue weighted by molar-refractivity contribution is 0.198. The van der Waals surface area contributed by atoms with Gasteiger partial charge >= 0.3 is 0 Å². The quantitative estimate of drug-likeness (QED) is 0.884. The summed E-state index contributed by atoms with van der Waals surface area (Å²) in [5.74, 6) is 0. The third-order valence-corrected chi connectivity index (χ3v) is 3.98. The molecule has 102 valence electrons. The van der Waals surface area contributed by atoms with Crippen LogP contribution in [0.15, 0.2) is 12.4 Å². The predicted molar refractivity (Wildman–Crippen MR) is 75.5 cm³/mol. The summed E-state index contributed by atoms with van der Waals surface area (Å²) in [5.41, 5.74) is 1.81. The fourth-order valence-corrected chi connectivity index (χ4v) is 2.89. The van der Waals surface area contributed by atoms with Gasteiger partial charge in [0.25, 0.3) is 0 Å². The molecule has 1 aliphatic rings. The van der Waals surface area contributed by atoms with Crippen molar-refractivity contribution >= 4 is 0 Å². The molecule has 1 aromatic heterocycles. The van der Waals surface area contributed by atoms with Crippen LogP contribution in [0.4, 0.5) is 0 Å². The molecule has 1 aromatic rings. The van der Waals surface area contributed by atoms with E-state index in [4.69, 9.17) is 0 Å². The Morgan fingerprint density at radius 2 is 2.28 bits per heavy atom. The van der Waals surface area contributed by atoms with Gasteiger partial charge in [-0.1, -0.05) is 20.3 Å². The number of rotatable bonds is 4. The van der Waals surface area contributed by atoms with Crippen LogP contribution in [0.3, 0.4) is 0 Å². The molecule has 1 atom stereocenters. The first-order valence-electron chi connectivity index (χ1n) is 7.23. The van der Waals surface area contributed by atoms with Crippen molar-refractivity contribution in [2.24, 2.45) is 5.41 Å². The van der Waals surface area contributed by atoms with Gasteiger partial charge in [0, 0.05) is 30.4 Å². The number of hydrogen-bond acceptors (Lipinski definition) is 2. The zero-order chi connectivity index (χ0) is 13.2. The number of nitrogens with zero attached hydrogens (tertiary/aromatic N) is 2. The lowest BCUT2D eigenvalue weighted by Crippen LogP contribution is -2.36. The van der Waals surface area contributed by atoms with Crippen molar-refractivity contribution in [3.8, 4) is 0 Å². The first-order chi connectivity index (χ1) is 8.46. The molecule has 18 heavy (non-hydrogen) atoms. The normalized spacial score (nSPS) is 23.5. The van der Waals surface area contributed by atoms with Crippen LogP contribution in [-0.4, -0.2) is 15.8 Å². The average molecular weight is 249 g/mol. The molecule has 1 aliphatic carbocycles. The van der Waals surface area contributed by atoms with E-state index in [0.717, 1.165) is 6.54 Å². The smallest absolute Gasteiger partial charge is 0.0534 e. The van der Waals surface area contributed by atoms with Crippen molar-refractivity contribution in [2.75, 3.05) is 0 Å². The fourth-order valence-electron chi connectivity index (χ4n) is 2.89. The summed E-state index contributed by atoms with van der Waals surface area (Å²) in [6.45, 7) is 10.0. The van der Waals surface area contributed by atoms with Gasteiger partial charge in [-0.15, -0.1) is 0 Å². The van der Waals surface area contributed by atoms with Crippen LogP contribution in [-0.2, 0) is 6.54 Å². The molecule has 0 saturated heterocycles. The molecule has 0 aromatic carbocycles. The minimum atomic E-state index is 0.451. The summed E-state index contributed by atoms with van der Waals surface area (Å²) in [6.07, 6.45) is 9.49. The average Bonchev–Trinajstić information content (AvgIpc) is 2.74. The predicted octanol–water partition coefficient (Wildman–Crippen LogP) is 3.52. The lowest BCUT2D eigenvalue weighted by Gasteiger charge is -2.35. The summed E-state index contributed by atoms with van der Waals surface area (Å²) < 4.78 is 2.03. The van der Waals surface area contributed by atoms with Crippen molar-refractivity contribution < 1.29 is 0 Å². The minimum Gasteiger partial charge on any atom is -0.310 e. The molecule has 1 fully saturated rings. The third-order valence-electron chi connectivity index (χ3n) is 3.98. The van der Waals surface area contributed by atoms with Crippen LogP contribution >= 0.6 is 0 Å². The molecule has 0 radical (unpaired) electrons. The molecular weight excluding hydrogens is 222 g/mol. The van der Waals surface area contributed by atoms with Gasteiger partial charge in [-0.05, 0) is 38.5 Å². The molecular formula is C15H27N3. The maximum absolute atomic E-state index is 4.38. The Labute approximate surface area is 111 Å². The number of nitrogens with one attached hydrogen (secondary N) is 1. The molecule has 0 bridgehead atoms. The Kier molecular flexibility index (Phi) is 4.10. The Morgan fingerprint density at radius 3 is 2.89 bits per heavy atom. The Morgan fingerprint density at radius 1 is 1.50 bits per heavy atom. The van der Waals surface area contributed by atoms with Crippen LogP contribution in [0.5, 0.6) is 0 Å². The second-order valence-electron chi connectivity index (χ2n) is 6.76. The highest BCUT2D eigenvalue weighted by Crippen LogP contribution is 2.35. The van der Waals surface area contributed by atoms with Crippen molar-refractivity contribution in [1.29, 1.82) is 0 Å². The van der Waals surface area contributed by atoms with Crippen LogP contribution in [0.1, 0.15) is 65.0 Å². The Hall–Kier alpha value is -0.830. The fraction of sp³-hybridized carbons (Fsp3) is 0.800. The van der Waals surface area contributed by atoms with Crippen LogP contribution in [0.2, 0.25) is 0 Å². The number of hydrogen-bond donors (Lipinski definition) is 1. The maximum atomic E-state index is 4.38. The highest BCUT2D eigenvalue weighted by molar-refractivity contribution is 5.04. The van der Waals surface area contributed by atoms with Gasteiger partial charge in [0.05, 0.1) is 6.20 Å². The van der Waals surface area contributed by atoms with E-state index in [1.165, 1.54) is 31.2 Å². The van der Waals surface area contributed by atoms with E-state index in [9.17, 15) is 0 Å². The Bertz CT molecular complexity index is 379. The molecule has 3 nitrogen and oxygen atoms in total. The third kappa shape index (κ3) is 3.58. The summed E-state index contributed by atoms with van der Waals surface area (Å²) in [5, 5.41) is 8.08. The lowest BCUT2D eigenvalue weighted by atomic mass is 9.75. The second kappa shape index (κ2) is 5.43. The van der Waals surface area contributed by atoms with Gasteiger partial charge in [0.1, 0.15) is 0 Å². The van der Waals surface area contributed by atoms with E-state index in [2.05, 4.69) is 44.3 Å². The zero-order valence-electron chi connectivity index (χ0n) is 12.2. The van der Waals surface area contributed by atoms with Gasteiger partial charge in [0.2, 0.25) is 0 Å². The maximum Gasteiger partial charge on any atom is 0.0534 e. The summed E-state index contributed by atoms with van der Waals surface area (Å²) in [7, 11) is 0. The van der Waals surface area contributed by atoms with E-state index in [-0.39, 0.29) is 0 Å². The van der Waals surface area contributed by atoms with Gasteiger partial charge in [-0.2, -0.15) is 5.10 Å². The van der Waals surface area contributed by atoms with Gasteiger partial charge in [-0.25, -0.2) is 0 Å². The van der Waals surface area contributed by atoms with Crippen molar-refractivity contribution in [2.45, 2.75) is 72.0 Å². The molecule has 0 aliphatic heterocycles. The SMILES string of the molecule is CC(C)n1cc(CNC2CCCC(C)(C)C2)cn1. The molecule has 1 unspecified atom stereocenters. The van der Waals surface area contributed by atoms with Gasteiger partial charge in [-0.3, -0.25) is 4.68 Å². The van der Waals surface area contributed by atoms with E-state index in [1.54, 1.807) is 0 Å². The largest absolute Gasteiger partial charge is 0.310 e. The first-order valence-corrected chi connectivity index (χ1v) is 7.23. The summed E-state index contributed by atoms with van der Waals surface area (Å²) in [6, 6.07) is 1.13. The number of aromatic nitrogens is 2. The molecule has 1 heterocycles. The zero-order valence-corrected chi connectivity index (χ0v) is 12.2. The van der Waals surface area contributed by atoms with E-state index in [0.29, 0.717) is 17.5 Å². The van der Waals surface area contributed by atoms with Crippen LogP contribution < -0.4 is 5.32 Å². The minimum absolute atomic E-state index is 0.451. The van der Waals surface area contributed by atoms with Crippen molar-refractivity contribution in [3.05, 3.63) is 18.0 Å². The van der Waals surface area contributed by atoms with Crippen molar-refractivity contribution in [3.63, 3.8) is 0 Å². The van der Waals surface area contributed by atoms with E-state index in [1.807, 2.05) is 10.9 Å². The van der Waals surface area contributed by atoms with E-state index >= 15 is 0 Å². The van der Waals surface area contributed by atoms with Gasteiger partial charge in [0.15, 0.2) is 0 Å². The highest BCUT2D eigenvalue weighted by atomic mass is 15.3. The van der Waals surface area contributed by atoms with Gasteiger partial charge < -0.3 is 5.32 Å². The molecule has 1 N–H and O–H groups in total. The van der Waals surface area contributed by atoms with Crippen LogP contribution in [0.25, 0.3) is 0 Å². The summed E-state index contributed by atoms with van der Waals surface area (Å²) >= 11 is 0. The molecule has 2 rings (SSSR count). The molecule has 1 saturated carbocycles. The second-order valence-corrected chi connectivity index (χ2v) is 6.76. The summed E-state index contributed by atoms with van der Waals surface area (Å²) in [4.78, 5) is 0. The first kappa shape index (κ1) is 13.6. The molecule has 0 amide bonds.